The molecule has 26 heavy (non-hydrogen) atoms. The third-order valence-corrected chi connectivity index (χ3v) is 4.03. The molecule has 0 saturated heterocycles. The molecule has 4 aromatic rings. The van der Waals surface area contributed by atoms with Crippen molar-refractivity contribution < 1.29 is 4.79 Å². The highest BCUT2D eigenvalue weighted by Gasteiger charge is 2.15. The van der Waals surface area contributed by atoms with Crippen molar-refractivity contribution >= 4 is 17.3 Å². The minimum Gasteiger partial charge on any atom is -0.281 e. The third-order valence-electron chi connectivity index (χ3n) is 4.03. The topological polar surface area (TPSA) is 56.0 Å². The van der Waals surface area contributed by atoms with E-state index in [2.05, 4.69) is 10.2 Å². The zero-order valence-electron chi connectivity index (χ0n) is 14.2. The second kappa shape index (κ2) is 6.68. The lowest BCUT2D eigenvalue weighted by molar-refractivity contribution is -0.115. The molecule has 2 aromatic heterocycles. The van der Waals surface area contributed by atoms with Crippen molar-refractivity contribution in [3.05, 3.63) is 85.5 Å². The maximum atomic E-state index is 12.4. The van der Waals surface area contributed by atoms with E-state index in [0.717, 1.165) is 22.7 Å². The van der Waals surface area contributed by atoms with Gasteiger partial charge in [-0.05, 0) is 48.5 Å². The maximum Gasteiger partial charge on any atom is 0.228 e. The standard InChI is InChI=1S/C20H17N5O/c1-16(26)25(19-8-2-6-17(14-19)23-12-4-10-21-23)20-9-3-7-18(15-20)24-13-5-11-22-24/h2-15H,1H3. The number of aromatic nitrogens is 4. The summed E-state index contributed by atoms with van der Waals surface area (Å²) >= 11 is 0. The van der Waals surface area contributed by atoms with Gasteiger partial charge < -0.3 is 0 Å². The predicted molar refractivity (Wildman–Crippen MR) is 99.9 cm³/mol. The van der Waals surface area contributed by atoms with Gasteiger partial charge in [0.25, 0.3) is 0 Å². The van der Waals surface area contributed by atoms with Crippen LogP contribution in [0.25, 0.3) is 11.4 Å². The van der Waals surface area contributed by atoms with Crippen molar-refractivity contribution in [3.63, 3.8) is 0 Å². The van der Waals surface area contributed by atoms with Crippen LogP contribution >= 0.6 is 0 Å². The third kappa shape index (κ3) is 3.00. The van der Waals surface area contributed by atoms with Crippen LogP contribution in [-0.4, -0.2) is 25.5 Å². The lowest BCUT2D eigenvalue weighted by Gasteiger charge is -2.22. The second-order valence-electron chi connectivity index (χ2n) is 5.80. The van der Waals surface area contributed by atoms with Crippen molar-refractivity contribution in [3.8, 4) is 11.4 Å². The van der Waals surface area contributed by atoms with Crippen LogP contribution in [0.1, 0.15) is 6.92 Å². The number of nitrogens with zero attached hydrogens (tertiary/aromatic N) is 5. The molecule has 0 fully saturated rings. The highest BCUT2D eigenvalue weighted by atomic mass is 16.2. The first-order chi connectivity index (χ1) is 12.7. The number of benzene rings is 2. The Labute approximate surface area is 150 Å². The first-order valence-electron chi connectivity index (χ1n) is 8.23. The van der Waals surface area contributed by atoms with Gasteiger partial charge in [0.2, 0.25) is 5.91 Å². The number of carbonyl (C=O) groups excluding carboxylic acids is 1. The van der Waals surface area contributed by atoms with E-state index in [9.17, 15) is 4.79 Å². The Bertz CT molecular complexity index is 944. The summed E-state index contributed by atoms with van der Waals surface area (Å²) in [4.78, 5) is 14.1. The molecule has 0 aliphatic heterocycles. The minimum absolute atomic E-state index is 0.0692. The summed E-state index contributed by atoms with van der Waals surface area (Å²) in [5, 5.41) is 8.51. The smallest absolute Gasteiger partial charge is 0.228 e. The molecule has 0 unspecified atom stereocenters. The molecule has 2 heterocycles. The quantitative estimate of drug-likeness (QED) is 0.567. The zero-order chi connectivity index (χ0) is 17.9. The van der Waals surface area contributed by atoms with Gasteiger partial charge in [-0.1, -0.05) is 12.1 Å². The van der Waals surface area contributed by atoms with Crippen molar-refractivity contribution in [1.29, 1.82) is 0 Å². The summed E-state index contributed by atoms with van der Waals surface area (Å²) in [6, 6.07) is 19.2. The molecule has 0 saturated carbocycles. The molecule has 2 aromatic carbocycles. The number of hydrogen-bond donors (Lipinski definition) is 0. The number of amides is 1. The van der Waals surface area contributed by atoms with E-state index >= 15 is 0 Å². The van der Waals surface area contributed by atoms with Gasteiger partial charge in [0.1, 0.15) is 0 Å². The van der Waals surface area contributed by atoms with Gasteiger partial charge in [0, 0.05) is 31.7 Å². The summed E-state index contributed by atoms with van der Waals surface area (Å²) in [5.74, 6) is -0.0692. The van der Waals surface area contributed by atoms with Gasteiger partial charge in [-0.3, -0.25) is 9.69 Å². The fourth-order valence-corrected chi connectivity index (χ4v) is 2.91. The molecule has 1 amide bonds. The zero-order valence-corrected chi connectivity index (χ0v) is 14.2. The average molecular weight is 343 g/mol. The predicted octanol–water partition coefficient (Wildman–Crippen LogP) is 3.74. The number of anilines is 2. The second-order valence-corrected chi connectivity index (χ2v) is 5.80. The van der Waals surface area contributed by atoms with Crippen LogP contribution in [0.2, 0.25) is 0 Å². The van der Waals surface area contributed by atoms with E-state index in [0.29, 0.717) is 0 Å². The van der Waals surface area contributed by atoms with Crippen LogP contribution < -0.4 is 4.90 Å². The van der Waals surface area contributed by atoms with Gasteiger partial charge >= 0.3 is 0 Å². The fraction of sp³-hybridized carbons (Fsp3) is 0.0500. The summed E-state index contributed by atoms with van der Waals surface area (Å²) in [7, 11) is 0. The van der Waals surface area contributed by atoms with Gasteiger partial charge in [-0.25, -0.2) is 9.36 Å². The molecule has 0 bridgehead atoms. The molecule has 128 valence electrons. The van der Waals surface area contributed by atoms with Gasteiger partial charge in [0.15, 0.2) is 0 Å². The Balaban J connectivity index is 1.77. The average Bonchev–Trinajstić information content (AvgIpc) is 3.36. The van der Waals surface area contributed by atoms with Gasteiger partial charge in [-0.2, -0.15) is 10.2 Å². The molecule has 6 nitrogen and oxygen atoms in total. The Morgan fingerprint density at radius 1 is 0.808 bits per heavy atom. The normalized spacial score (nSPS) is 10.7. The van der Waals surface area contributed by atoms with Crippen LogP contribution in [0.3, 0.4) is 0 Å². The highest BCUT2D eigenvalue weighted by Crippen LogP contribution is 2.28. The summed E-state index contributed by atoms with van der Waals surface area (Å²) in [6.07, 6.45) is 7.19. The molecule has 0 aliphatic carbocycles. The molecule has 0 aliphatic rings. The van der Waals surface area contributed by atoms with Crippen molar-refractivity contribution in [1.82, 2.24) is 19.6 Å². The Hall–Kier alpha value is -3.67. The maximum absolute atomic E-state index is 12.4. The molecular formula is C20H17N5O. The largest absolute Gasteiger partial charge is 0.281 e. The highest BCUT2D eigenvalue weighted by molar-refractivity contribution is 5.99. The van der Waals surface area contributed by atoms with Crippen LogP contribution in [0.4, 0.5) is 11.4 Å². The first kappa shape index (κ1) is 15.8. The lowest BCUT2D eigenvalue weighted by atomic mass is 10.2. The van der Waals surface area contributed by atoms with E-state index in [1.165, 1.54) is 0 Å². The Kier molecular flexibility index (Phi) is 4.07. The number of hydrogen-bond acceptors (Lipinski definition) is 3. The Morgan fingerprint density at radius 2 is 1.31 bits per heavy atom. The molecule has 0 N–H and O–H groups in total. The molecule has 6 heteroatoms. The van der Waals surface area contributed by atoms with Gasteiger partial charge in [-0.15, -0.1) is 0 Å². The van der Waals surface area contributed by atoms with Crippen molar-refractivity contribution in [2.75, 3.05) is 4.90 Å². The fourth-order valence-electron chi connectivity index (χ4n) is 2.91. The molecular weight excluding hydrogens is 326 g/mol. The SMILES string of the molecule is CC(=O)N(c1cccc(-n2cccn2)c1)c1cccc(-n2cccn2)c1. The summed E-state index contributed by atoms with van der Waals surface area (Å²) in [6.45, 7) is 1.56. The van der Waals surface area contributed by atoms with E-state index in [-0.39, 0.29) is 5.91 Å². The van der Waals surface area contributed by atoms with Crippen molar-refractivity contribution in [2.24, 2.45) is 0 Å². The monoisotopic (exact) mass is 343 g/mol. The van der Waals surface area contributed by atoms with Crippen LogP contribution in [0.5, 0.6) is 0 Å². The lowest BCUT2D eigenvalue weighted by Crippen LogP contribution is -2.23. The first-order valence-corrected chi connectivity index (χ1v) is 8.23. The molecule has 4 rings (SSSR count). The number of carbonyl (C=O) groups is 1. The minimum atomic E-state index is -0.0692. The van der Waals surface area contributed by atoms with Crippen LogP contribution in [-0.2, 0) is 4.79 Å². The van der Waals surface area contributed by atoms with E-state index in [1.807, 2.05) is 73.1 Å². The Morgan fingerprint density at radius 3 is 1.69 bits per heavy atom. The summed E-state index contributed by atoms with van der Waals surface area (Å²) in [5.41, 5.74) is 3.34. The number of rotatable bonds is 4. The van der Waals surface area contributed by atoms with Crippen LogP contribution in [0, 0.1) is 0 Å². The van der Waals surface area contributed by atoms with Crippen LogP contribution in [0.15, 0.2) is 85.5 Å². The molecule has 0 radical (unpaired) electrons. The van der Waals surface area contributed by atoms with E-state index < -0.39 is 0 Å². The van der Waals surface area contributed by atoms with E-state index in [1.54, 1.807) is 33.6 Å². The molecule has 0 spiro atoms. The molecule has 0 atom stereocenters. The van der Waals surface area contributed by atoms with Crippen molar-refractivity contribution in [2.45, 2.75) is 6.92 Å². The van der Waals surface area contributed by atoms with Gasteiger partial charge in [0.05, 0.1) is 22.7 Å². The van der Waals surface area contributed by atoms with E-state index in [4.69, 9.17) is 0 Å². The summed E-state index contributed by atoms with van der Waals surface area (Å²) < 4.78 is 3.53.